The van der Waals surface area contributed by atoms with Crippen LogP contribution in [0.4, 0.5) is 0 Å². The van der Waals surface area contributed by atoms with Gasteiger partial charge in [0.05, 0.1) is 6.61 Å². The molecule has 1 aliphatic rings. The highest BCUT2D eigenvalue weighted by molar-refractivity contribution is 6.31. The van der Waals surface area contributed by atoms with Gasteiger partial charge in [0.1, 0.15) is 18.5 Å². The molecule has 1 heterocycles. The van der Waals surface area contributed by atoms with E-state index in [0.717, 1.165) is 42.1 Å². The summed E-state index contributed by atoms with van der Waals surface area (Å²) in [6, 6.07) is 14.4. The number of likely N-dealkylation sites (N-methyl/N-ethyl adjacent to an activating group) is 1. The Balaban J connectivity index is 1.41. The molecule has 2 unspecified atom stereocenters. The summed E-state index contributed by atoms with van der Waals surface area (Å²) in [5, 5.41) is 12.2. The zero-order valence-corrected chi connectivity index (χ0v) is 19.0. The molecule has 0 fully saturated rings. The van der Waals surface area contributed by atoms with Crippen molar-refractivity contribution < 1.29 is 14.6 Å². The van der Waals surface area contributed by atoms with Gasteiger partial charge < -0.3 is 24.5 Å². The van der Waals surface area contributed by atoms with E-state index in [0.29, 0.717) is 19.1 Å². The van der Waals surface area contributed by atoms with E-state index in [4.69, 9.17) is 21.1 Å². The zero-order valence-electron chi connectivity index (χ0n) is 18.2. The number of rotatable bonds is 9. The third kappa shape index (κ3) is 5.24. The highest BCUT2D eigenvalue weighted by Gasteiger charge is 2.25. The first-order valence-electron chi connectivity index (χ1n) is 10.9. The largest absolute Gasteiger partial charge is 0.491 e. The molecule has 2 N–H and O–H groups in total. The standard InChI is InChI=1S/C25H31ClN2O3/c1-28(12-13-30-2)15-19(29)16-31-20-9-6-17(7-10-20)21-4-3-5-22-23-14-18(26)8-11-24(23)27-25(21)22/h6-11,14,19,21,27,29H,3-5,12-13,15-16H2,1-2H3. The monoisotopic (exact) mass is 442 g/mol. The molecule has 0 bridgehead atoms. The van der Waals surface area contributed by atoms with Crippen LogP contribution < -0.4 is 4.74 Å². The molecule has 6 heteroatoms. The summed E-state index contributed by atoms with van der Waals surface area (Å²) in [6.07, 6.45) is 2.84. The van der Waals surface area contributed by atoms with Gasteiger partial charge in [-0.1, -0.05) is 23.7 Å². The number of aliphatic hydroxyl groups is 1. The van der Waals surface area contributed by atoms with Crippen molar-refractivity contribution in [2.24, 2.45) is 0 Å². The number of nitrogens with zero attached hydrogens (tertiary/aromatic N) is 1. The maximum Gasteiger partial charge on any atom is 0.119 e. The van der Waals surface area contributed by atoms with E-state index in [2.05, 4.69) is 29.2 Å². The number of aromatic nitrogens is 1. The highest BCUT2D eigenvalue weighted by Crippen LogP contribution is 2.40. The van der Waals surface area contributed by atoms with Gasteiger partial charge in [0.15, 0.2) is 0 Å². The quantitative estimate of drug-likeness (QED) is 0.508. The molecule has 0 spiro atoms. The Morgan fingerprint density at radius 2 is 2.03 bits per heavy atom. The number of H-pyrrole nitrogens is 1. The minimum absolute atomic E-state index is 0.271. The molecular formula is C25H31ClN2O3. The van der Waals surface area contributed by atoms with Crippen molar-refractivity contribution in [3.8, 4) is 5.75 Å². The fourth-order valence-corrected chi connectivity index (χ4v) is 4.68. The summed E-state index contributed by atoms with van der Waals surface area (Å²) in [7, 11) is 3.65. The van der Waals surface area contributed by atoms with E-state index >= 15 is 0 Å². The number of aromatic amines is 1. The molecule has 0 amide bonds. The third-order valence-corrected chi connectivity index (χ3v) is 6.33. The first-order valence-corrected chi connectivity index (χ1v) is 11.3. The van der Waals surface area contributed by atoms with Crippen molar-refractivity contribution >= 4 is 22.5 Å². The van der Waals surface area contributed by atoms with Gasteiger partial charge in [-0.15, -0.1) is 0 Å². The lowest BCUT2D eigenvalue weighted by atomic mass is 9.82. The maximum absolute atomic E-state index is 10.2. The average molecular weight is 443 g/mol. The molecule has 2 atom stereocenters. The Morgan fingerprint density at radius 3 is 2.81 bits per heavy atom. The number of hydrogen-bond donors (Lipinski definition) is 2. The van der Waals surface area contributed by atoms with Gasteiger partial charge in [-0.05, 0) is 67.8 Å². The molecule has 2 aromatic carbocycles. The second-order valence-corrected chi connectivity index (χ2v) is 8.88. The lowest BCUT2D eigenvalue weighted by Gasteiger charge is -2.23. The topological polar surface area (TPSA) is 57.7 Å². The molecular weight excluding hydrogens is 412 g/mol. The average Bonchev–Trinajstić information content (AvgIpc) is 3.14. The normalized spacial score (nSPS) is 17.1. The summed E-state index contributed by atoms with van der Waals surface area (Å²) >= 11 is 6.24. The summed E-state index contributed by atoms with van der Waals surface area (Å²) in [4.78, 5) is 5.68. The van der Waals surface area contributed by atoms with Crippen molar-refractivity contribution in [3.05, 3.63) is 64.3 Å². The summed E-state index contributed by atoms with van der Waals surface area (Å²) in [5.41, 5.74) is 5.15. The lowest BCUT2D eigenvalue weighted by molar-refractivity contribution is 0.0668. The predicted molar refractivity (Wildman–Crippen MR) is 125 cm³/mol. The zero-order chi connectivity index (χ0) is 21.8. The summed E-state index contributed by atoms with van der Waals surface area (Å²) in [5.74, 6) is 1.13. The first-order chi connectivity index (χ1) is 15.0. The number of halogens is 1. The number of methoxy groups -OCH3 is 1. The minimum Gasteiger partial charge on any atom is -0.491 e. The van der Waals surface area contributed by atoms with E-state index in [9.17, 15) is 5.11 Å². The molecule has 0 saturated heterocycles. The van der Waals surface area contributed by atoms with Crippen LogP contribution in [0.1, 0.15) is 35.6 Å². The van der Waals surface area contributed by atoms with Crippen molar-refractivity contribution in [2.45, 2.75) is 31.3 Å². The molecule has 0 aliphatic heterocycles. The Labute approximate surface area is 188 Å². The Kier molecular flexibility index (Phi) is 7.18. The number of benzene rings is 2. The molecule has 1 aliphatic carbocycles. The van der Waals surface area contributed by atoms with Gasteiger partial charge in [-0.2, -0.15) is 0 Å². The number of hydrogen-bond acceptors (Lipinski definition) is 4. The SMILES string of the molecule is COCCN(C)CC(O)COc1ccc(C2CCCc3c2[nH]c2ccc(Cl)cc32)cc1. The van der Waals surface area contributed by atoms with Crippen LogP contribution in [0.25, 0.3) is 10.9 Å². The number of fused-ring (bicyclic) bond motifs is 3. The fraction of sp³-hybridized carbons (Fsp3) is 0.440. The highest BCUT2D eigenvalue weighted by atomic mass is 35.5. The van der Waals surface area contributed by atoms with Crippen LogP contribution in [-0.2, 0) is 11.2 Å². The number of nitrogens with one attached hydrogen (secondary N) is 1. The van der Waals surface area contributed by atoms with E-state index in [1.807, 2.05) is 30.1 Å². The lowest BCUT2D eigenvalue weighted by Crippen LogP contribution is -2.34. The van der Waals surface area contributed by atoms with Crippen LogP contribution in [0.2, 0.25) is 5.02 Å². The number of aryl methyl sites for hydroxylation is 1. The van der Waals surface area contributed by atoms with Gasteiger partial charge in [0, 0.05) is 47.7 Å². The van der Waals surface area contributed by atoms with Crippen LogP contribution in [0.5, 0.6) is 5.75 Å². The van der Waals surface area contributed by atoms with Crippen LogP contribution in [0, 0.1) is 0 Å². The third-order valence-electron chi connectivity index (χ3n) is 6.09. The second-order valence-electron chi connectivity index (χ2n) is 8.44. The molecule has 166 valence electrons. The van der Waals surface area contributed by atoms with E-state index < -0.39 is 6.10 Å². The Hall–Kier alpha value is -2.05. The van der Waals surface area contributed by atoms with Gasteiger partial charge in [-0.3, -0.25) is 0 Å². The Bertz CT molecular complexity index is 1000. The smallest absolute Gasteiger partial charge is 0.119 e. The molecule has 1 aromatic heterocycles. The van der Waals surface area contributed by atoms with Crippen LogP contribution in [-0.4, -0.2) is 61.6 Å². The molecule has 31 heavy (non-hydrogen) atoms. The molecule has 0 saturated carbocycles. The molecule has 3 aromatic rings. The van der Waals surface area contributed by atoms with Gasteiger partial charge in [0.2, 0.25) is 0 Å². The molecule has 5 nitrogen and oxygen atoms in total. The first kappa shape index (κ1) is 22.2. The Morgan fingerprint density at radius 1 is 1.23 bits per heavy atom. The van der Waals surface area contributed by atoms with Gasteiger partial charge in [-0.25, -0.2) is 0 Å². The van der Waals surface area contributed by atoms with Crippen molar-refractivity contribution in [1.29, 1.82) is 0 Å². The van der Waals surface area contributed by atoms with E-state index in [1.54, 1.807) is 7.11 Å². The summed E-state index contributed by atoms with van der Waals surface area (Å²) in [6.45, 7) is 2.26. The van der Waals surface area contributed by atoms with Crippen molar-refractivity contribution in [1.82, 2.24) is 9.88 Å². The number of aliphatic hydroxyl groups excluding tert-OH is 1. The summed E-state index contributed by atoms with van der Waals surface area (Å²) < 4.78 is 10.9. The minimum atomic E-state index is -0.541. The van der Waals surface area contributed by atoms with Crippen LogP contribution in [0.15, 0.2) is 42.5 Å². The second kappa shape index (κ2) is 10.0. The predicted octanol–water partition coefficient (Wildman–Crippen LogP) is 4.61. The fourth-order valence-electron chi connectivity index (χ4n) is 4.51. The van der Waals surface area contributed by atoms with Crippen molar-refractivity contribution in [3.63, 3.8) is 0 Å². The number of ether oxygens (including phenoxy) is 2. The van der Waals surface area contributed by atoms with Crippen LogP contribution >= 0.6 is 11.6 Å². The van der Waals surface area contributed by atoms with Gasteiger partial charge >= 0.3 is 0 Å². The maximum atomic E-state index is 10.2. The molecule has 0 radical (unpaired) electrons. The van der Waals surface area contributed by atoms with E-state index in [-0.39, 0.29) is 6.61 Å². The van der Waals surface area contributed by atoms with Crippen molar-refractivity contribution in [2.75, 3.05) is 40.5 Å². The van der Waals surface area contributed by atoms with E-state index in [1.165, 1.54) is 22.2 Å². The van der Waals surface area contributed by atoms with Crippen LogP contribution in [0.3, 0.4) is 0 Å². The van der Waals surface area contributed by atoms with Gasteiger partial charge in [0.25, 0.3) is 0 Å². The molecule has 4 rings (SSSR count).